The van der Waals surface area contributed by atoms with Gasteiger partial charge in [-0.3, -0.25) is 9.48 Å². The molecule has 0 saturated carbocycles. The van der Waals surface area contributed by atoms with Gasteiger partial charge in [0.1, 0.15) is 0 Å². The van der Waals surface area contributed by atoms with Crippen LogP contribution in [0.5, 0.6) is 0 Å². The van der Waals surface area contributed by atoms with Gasteiger partial charge in [-0.25, -0.2) is 18.7 Å². The molecule has 2 atom stereocenters. The van der Waals surface area contributed by atoms with Crippen LogP contribution in [0.15, 0.2) is 24.4 Å². The number of nitrogens with one attached hydrogen (secondary N) is 1. The summed E-state index contributed by atoms with van der Waals surface area (Å²) >= 11 is 0. The van der Waals surface area contributed by atoms with Gasteiger partial charge in [-0.15, -0.1) is 6.42 Å². The molecule has 0 radical (unpaired) electrons. The molecule has 156 valence electrons. The van der Waals surface area contributed by atoms with Crippen LogP contribution in [-0.4, -0.2) is 48.0 Å². The Labute approximate surface area is 170 Å². The van der Waals surface area contributed by atoms with Crippen LogP contribution in [0.25, 0.3) is 10.9 Å². The highest BCUT2D eigenvalue weighted by Gasteiger charge is 2.44. The molecule has 3 rings (SSSR count). The van der Waals surface area contributed by atoms with Crippen molar-refractivity contribution in [2.75, 3.05) is 12.9 Å². The number of amides is 1. The summed E-state index contributed by atoms with van der Waals surface area (Å²) in [4.78, 5) is 18.0. The van der Waals surface area contributed by atoms with E-state index in [-0.39, 0.29) is 13.0 Å². The molecule has 8 nitrogen and oxygen atoms in total. The van der Waals surface area contributed by atoms with Crippen molar-refractivity contribution in [2.45, 2.75) is 50.2 Å². The van der Waals surface area contributed by atoms with Crippen molar-refractivity contribution in [2.24, 2.45) is 0 Å². The van der Waals surface area contributed by atoms with Crippen LogP contribution in [0, 0.1) is 12.3 Å². The predicted octanol–water partition coefficient (Wildman–Crippen LogP) is 1.79. The maximum absolute atomic E-state index is 12.7. The zero-order valence-electron chi connectivity index (χ0n) is 16.6. The second kappa shape index (κ2) is 8.53. The van der Waals surface area contributed by atoms with Crippen LogP contribution in [0.2, 0.25) is 0 Å². The Morgan fingerprint density at radius 2 is 2.28 bits per heavy atom. The summed E-state index contributed by atoms with van der Waals surface area (Å²) in [6.07, 6.45) is 10.2. The molecule has 0 spiro atoms. The molecular formula is C20H25N3O5S. The van der Waals surface area contributed by atoms with Crippen LogP contribution in [0.1, 0.15) is 38.2 Å². The Balaban J connectivity index is 1.71. The fraction of sp³-hybridized carbons (Fsp3) is 0.500. The van der Waals surface area contributed by atoms with E-state index in [9.17, 15) is 13.2 Å². The molecule has 1 aliphatic rings. The summed E-state index contributed by atoms with van der Waals surface area (Å²) in [5.41, 5.74) is 3.76. The highest BCUT2D eigenvalue weighted by atomic mass is 32.2. The number of aromatic nitrogens is 2. The molecule has 1 aliphatic heterocycles. The molecule has 1 saturated heterocycles. The third-order valence-electron chi connectivity index (χ3n) is 5.26. The van der Waals surface area contributed by atoms with Gasteiger partial charge in [0, 0.05) is 43.0 Å². The summed E-state index contributed by atoms with van der Waals surface area (Å²) in [6, 6.07) is 5.43. The lowest BCUT2D eigenvalue weighted by molar-refractivity contribution is -0.201. The maximum Gasteiger partial charge on any atom is 0.264 e. The number of benzene rings is 1. The van der Waals surface area contributed by atoms with Crippen LogP contribution >= 0.6 is 0 Å². The van der Waals surface area contributed by atoms with Crippen LogP contribution in [0.3, 0.4) is 0 Å². The summed E-state index contributed by atoms with van der Waals surface area (Å²) in [5, 5.41) is 5.27. The molecule has 1 amide bonds. The Bertz CT molecular complexity index is 1030. The number of hydrogen-bond donors (Lipinski definition) is 1. The second-order valence-corrected chi connectivity index (χ2v) is 9.85. The number of terminal acetylenes is 1. The summed E-state index contributed by atoms with van der Waals surface area (Å²) in [7, 11) is -3.73. The van der Waals surface area contributed by atoms with E-state index in [1.165, 1.54) is 6.92 Å². The van der Waals surface area contributed by atoms with Gasteiger partial charge in [-0.05, 0) is 44.4 Å². The van der Waals surface area contributed by atoms with Gasteiger partial charge in [0.2, 0.25) is 0 Å². The van der Waals surface area contributed by atoms with Gasteiger partial charge in [0.15, 0.2) is 20.9 Å². The number of hydroxylamine groups is 1. The first-order chi connectivity index (χ1) is 13.7. The molecule has 1 N–H and O–H groups in total. The van der Waals surface area contributed by atoms with Gasteiger partial charge in [-0.1, -0.05) is 5.92 Å². The number of aryl methyl sites for hydroxylation is 1. The average molecular weight is 420 g/mol. The summed E-state index contributed by atoms with van der Waals surface area (Å²) < 4.78 is 30.2. The lowest BCUT2D eigenvalue weighted by atomic mass is 10.1. The van der Waals surface area contributed by atoms with Gasteiger partial charge in [-0.2, -0.15) is 5.10 Å². The number of nitrogens with zero attached hydrogens (tertiary/aromatic N) is 2. The largest absolute Gasteiger partial charge is 0.350 e. The van der Waals surface area contributed by atoms with Crippen molar-refractivity contribution in [3.05, 3.63) is 30.0 Å². The van der Waals surface area contributed by atoms with Crippen molar-refractivity contribution in [1.29, 1.82) is 0 Å². The van der Waals surface area contributed by atoms with Gasteiger partial charge < -0.3 is 4.74 Å². The summed E-state index contributed by atoms with van der Waals surface area (Å²) in [6.45, 7) is 2.18. The maximum atomic E-state index is 12.7. The number of carbonyl (C=O) groups excluding carboxylic acids is 1. The fourth-order valence-corrected chi connectivity index (χ4v) is 3.95. The van der Waals surface area contributed by atoms with Gasteiger partial charge in [0.05, 0.1) is 5.52 Å². The van der Waals surface area contributed by atoms with Crippen molar-refractivity contribution in [1.82, 2.24) is 15.3 Å². The van der Waals surface area contributed by atoms with Crippen LogP contribution in [-0.2, 0) is 30.8 Å². The minimum atomic E-state index is -3.73. The number of carbonyl (C=O) groups is 1. The Kier molecular flexibility index (Phi) is 6.27. The monoisotopic (exact) mass is 419 g/mol. The normalized spacial score (nSPS) is 19.4. The number of rotatable bonds is 7. The van der Waals surface area contributed by atoms with Crippen molar-refractivity contribution in [3.8, 4) is 12.3 Å². The molecule has 1 aromatic heterocycles. The van der Waals surface area contributed by atoms with E-state index in [1.807, 2.05) is 12.1 Å². The Morgan fingerprint density at radius 1 is 1.48 bits per heavy atom. The minimum absolute atomic E-state index is 0.0303. The Hall–Kier alpha value is -2.41. The van der Waals surface area contributed by atoms with E-state index >= 15 is 0 Å². The zero-order chi connectivity index (χ0) is 21.1. The zero-order valence-corrected chi connectivity index (χ0v) is 17.4. The quantitative estimate of drug-likeness (QED) is 0.543. The number of ether oxygens (including phenoxy) is 1. The molecule has 0 aliphatic carbocycles. The first-order valence-corrected chi connectivity index (χ1v) is 11.3. The van der Waals surface area contributed by atoms with Crippen molar-refractivity contribution >= 4 is 26.6 Å². The molecular weight excluding hydrogens is 394 g/mol. The molecule has 1 fully saturated rings. The lowest BCUT2D eigenvalue weighted by Gasteiger charge is -2.28. The number of sulfone groups is 1. The second-order valence-electron chi connectivity index (χ2n) is 7.41. The minimum Gasteiger partial charge on any atom is -0.350 e. The van der Waals surface area contributed by atoms with E-state index in [0.717, 1.165) is 35.6 Å². The van der Waals surface area contributed by atoms with Gasteiger partial charge >= 0.3 is 0 Å². The Morgan fingerprint density at radius 3 is 2.93 bits per heavy atom. The summed E-state index contributed by atoms with van der Waals surface area (Å²) in [5.74, 6) is 1.85. The molecule has 29 heavy (non-hydrogen) atoms. The topological polar surface area (TPSA) is 99.5 Å². The van der Waals surface area contributed by atoms with E-state index in [2.05, 4.69) is 16.5 Å². The molecule has 2 heterocycles. The predicted molar refractivity (Wildman–Crippen MR) is 108 cm³/mol. The number of hydrogen-bond acceptors (Lipinski definition) is 6. The van der Waals surface area contributed by atoms with E-state index in [1.54, 1.807) is 16.9 Å². The molecule has 9 heteroatoms. The SMILES string of the molecule is C#Cc1ccc2nn(CC[C@@](C)(C(=O)NO[C@H]3CCCCO3)S(C)(=O)=O)cc2c1. The van der Waals surface area contributed by atoms with Crippen molar-refractivity contribution in [3.63, 3.8) is 0 Å². The third-order valence-corrected chi connectivity index (χ3v) is 7.28. The van der Waals surface area contributed by atoms with Crippen LogP contribution in [0.4, 0.5) is 0 Å². The van der Waals surface area contributed by atoms with E-state index in [4.69, 9.17) is 16.0 Å². The average Bonchev–Trinajstić information content (AvgIpc) is 3.12. The highest BCUT2D eigenvalue weighted by Crippen LogP contribution is 2.24. The third kappa shape index (κ3) is 4.78. The molecule has 0 bridgehead atoms. The first kappa shape index (κ1) is 21.3. The molecule has 1 aromatic carbocycles. The van der Waals surface area contributed by atoms with E-state index < -0.39 is 26.8 Å². The molecule has 2 aromatic rings. The first-order valence-electron chi connectivity index (χ1n) is 9.44. The van der Waals surface area contributed by atoms with E-state index in [0.29, 0.717) is 13.0 Å². The smallest absolute Gasteiger partial charge is 0.264 e. The van der Waals surface area contributed by atoms with Gasteiger partial charge in [0.25, 0.3) is 5.91 Å². The fourth-order valence-electron chi connectivity index (χ4n) is 3.11. The highest BCUT2D eigenvalue weighted by molar-refractivity contribution is 7.92. The van der Waals surface area contributed by atoms with Crippen LogP contribution < -0.4 is 5.48 Å². The van der Waals surface area contributed by atoms with Crippen molar-refractivity contribution < 1.29 is 22.8 Å². The molecule has 0 unspecified atom stereocenters. The standard InChI is InChI=1S/C20H25N3O5S/c1-4-15-8-9-17-16(13-15)14-23(21-17)11-10-20(2,29(3,25)26)19(24)22-28-18-7-5-6-12-27-18/h1,8-9,13-14,18H,5-7,10-12H2,2-3H3,(H,22,24)/t18-,20-/m0/s1. The number of fused-ring (bicyclic) bond motifs is 1. The lowest BCUT2D eigenvalue weighted by Crippen LogP contribution is -2.51.